The second kappa shape index (κ2) is 6.41. The number of halogens is 3. The Kier molecular flexibility index (Phi) is 5.17. The summed E-state index contributed by atoms with van der Waals surface area (Å²) in [6.45, 7) is 2.75. The Morgan fingerprint density at radius 2 is 2.17 bits per heavy atom. The van der Waals surface area contributed by atoms with E-state index in [9.17, 15) is 13.2 Å². The lowest BCUT2D eigenvalue weighted by Crippen LogP contribution is -2.23. The quantitative estimate of drug-likeness (QED) is 0.818. The van der Waals surface area contributed by atoms with Crippen molar-refractivity contribution in [2.45, 2.75) is 32.0 Å². The third-order valence-corrected chi connectivity index (χ3v) is 2.43. The lowest BCUT2D eigenvalue weighted by Gasteiger charge is -2.16. The molecule has 1 N–H and O–H groups in total. The maximum absolute atomic E-state index is 12.4. The fraction of sp³-hybridized carbons (Fsp3) is 0.462. The van der Waals surface area contributed by atoms with Crippen LogP contribution in [0.15, 0.2) is 18.3 Å². The summed E-state index contributed by atoms with van der Waals surface area (Å²) in [5.74, 6) is 2.50. The Morgan fingerprint density at radius 1 is 1.44 bits per heavy atom. The van der Waals surface area contributed by atoms with E-state index in [-0.39, 0.29) is 6.04 Å². The highest BCUT2D eigenvalue weighted by molar-refractivity contribution is 5.19. The molecule has 0 spiro atoms. The van der Waals surface area contributed by atoms with E-state index in [1.807, 2.05) is 6.92 Å². The van der Waals surface area contributed by atoms with Crippen molar-refractivity contribution in [2.75, 3.05) is 6.54 Å². The lowest BCUT2D eigenvalue weighted by molar-refractivity contribution is -0.137. The van der Waals surface area contributed by atoms with Gasteiger partial charge in [0.15, 0.2) is 0 Å². The van der Waals surface area contributed by atoms with Crippen molar-refractivity contribution in [3.05, 3.63) is 29.6 Å². The predicted octanol–water partition coefficient (Wildman–Crippen LogP) is 3.16. The normalized spacial score (nSPS) is 13.1. The second-order valence-electron chi connectivity index (χ2n) is 3.88. The molecule has 1 unspecified atom stereocenters. The van der Waals surface area contributed by atoms with Gasteiger partial charge in [0.25, 0.3) is 0 Å². The van der Waals surface area contributed by atoms with Crippen LogP contribution in [0.2, 0.25) is 0 Å². The van der Waals surface area contributed by atoms with Crippen LogP contribution in [0.4, 0.5) is 13.2 Å². The molecule has 1 aromatic heterocycles. The summed E-state index contributed by atoms with van der Waals surface area (Å²) in [5, 5.41) is 3.16. The van der Waals surface area contributed by atoms with E-state index < -0.39 is 11.7 Å². The topological polar surface area (TPSA) is 24.9 Å². The van der Waals surface area contributed by atoms with Crippen molar-refractivity contribution in [1.82, 2.24) is 10.3 Å². The highest BCUT2D eigenvalue weighted by Gasteiger charge is 2.30. The Bertz CT molecular complexity index is 404. The van der Waals surface area contributed by atoms with Crippen LogP contribution in [0.3, 0.4) is 0 Å². The average molecular weight is 256 g/mol. The van der Waals surface area contributed by atoms with Crippen molar-refractivity contribution >= 4 is 0 Å². The SMILES string of the molecule is C#CCC(NCCC)c1ccc(C(F)(F)F)cn1. The molecule has 0 saturated carbocycles. The van der Waals surface area contributed by atoms with Gasteiger partial charge < -0.3 is 5.32 Å². The molecule has 0 fully saturated rings. The van der Waals surface area contributed by atoms with E-state index >= 15 is 0 Å². The summed E-state index contributed by atoms with van der Waals surface area (Å²) in [7, 11) is 0. The van der Waals surface area contributed by atoms with Crippen LogP contribution in [0.1, 0.15) is 37.1 Å². The molecule has 0 amide bonds. The zero-order chi connectivity index (χ0) is 13.6. The van der Waals surface area contributed by atoms with Gasteiger partial charge in [-0.3, -0.25) is 4.98 Å². The molecule has 0 aromatic carbocycles. The second-order valence-corrected chi connectivity index (χ2v) is 3.88. The Labute approximate surface area is 105 Å². The van der Waals surface area contributed by atoms with Gasteiger partial charge in [0, 0.05) is 12.6 Å². The first-order chi connectivity index (χ1) is 8.49. The molecule has 0 radical (unpaired) electrons. The number of alkyl halides is 3. The largest absolute Gasteiger partial charge is 0.417 e. The van der Waals surface area contributed by atoms with Crippen LogP contribution < -0.4 is 5.32 Å². The number of nitrogens with one attached hydrogen (secondary N) is 1. The molecule has 98 valence electrons. The zero-order valence-corrected chi connectivity index (χ0v) is 10.1. The van der Waals surface area contributed by atoms with Crippen LogP contribution in [0.25, 0.3) is 0 Å². The lowest BCUT2D eigenvalue weighted by atomic mass is 10.1. The first-order valence-electron chi connectivity index (χ1n) is 5.69. The minimum absolute atomic E-state index is 0.197. The molecule has 1 aromatic rings. The van der Waals surface area contributed by atoms with Crippen molar-refractivity contribution in [1.29, 1.82) is 0 Å². The minimum atomic E-state index is -4.36. The molecule has 1 atom stereocenters. The summed E-state index contributed by atoms with van der Waals surface area (Å²) in [6.07, 6.45) is 3.04. The van der Waals surface area contributed by atoms with E-state index in [0.717, 1.165) is 25.2 Å². The maximum Gasteiger partial charge on any atom is 0.417 e. The van der Waals surface area contributed by atoms with Gasteiger partial charge >= 0.3 is 6.18 Å². The molecule has 1 rings (SSSR count). The van der Waals surface area contributed by atoms with E-state index in [0.29, 0.717) is 12.1 Å². The van der Waals surface area contributed by atoms with E-state index in [1.165, 1.54) is 6.07 Å². The smallest absolute Gasteiger partial charge is 0.308 e. The summed E-state index contributed by atoms with van der Waals surface area (Å²) >= 11 is 0. The maximum atomic E-state index is 12.4. The predicted molar refractivity (Wildman–Crippen MR) is 63.7 cm³/mol. The van der Waals surface area contributed by atoms with E-state index in [2.05, 4.69) is 16.2 Å². The molecular weight excluding hydrogens is 241 g/mol. The third-order valence-electron chi connectivity index (χ3n) is 2.43. The van der Waals surface area contributed by atoms with Gasteiger partial charge in [-0.1, -0.05) is 6.92 Å². The minimum Gasteiger partial charge on any atom is -0.308 e. The molecule has 5 heteroatoms. The molecule has 18 heavy (non-hydrogen) atoms. The van der Waals surface area contributed by atoms with Crippen LogP contribution >= 0.6 is 0 Å². The first-order valence-corrected chi connectivity index (χ1v) is 5.69. The van der Waals surface area contributed by atoms with Gasteiger partial charge in [0.2, 0.25) is 0 Å². The van der Waals surface area contributed by atoms with Crippen molar-refractivity contribution in [3.63, 3.8) is 0 Å². The molecule has 0 saturated heterocycles. The Hall–Kier alpha value is -1.54. The molecule has 2 nitrogen and oxygen atoms in total. The molecular formula is C13H15F3N2. The first kappa shape index (κ1) is 14.5. The number of pyridine rings is 1. The van der Waals surface area contributed by atoms with Gasteiger partial charge in [-0.05, 0) is 25.1 Å². The van der Waals surface area contributed by atoms with Gasteiger partial charge in [-0.25, -0.2) is 0 Å². The standard InChI is InChI=1S/C13H15F3N2/c1-3-5-11(17-8-4-2)12-7-6-10(9-18-12)13(14,15)16/h1,6-7,9,11,17H,4-5,8H2,2H3. The van der Waals surface area contributed by atoms with Gasteiger partial charge in [-0.15, -0.1) is 12.3 Å². The summed E-state index contributed by atoms with van der Waals surface area (Å²) in [4.78, 5) is 3.84. The van der Waals surface area contributed by atoms with Gasteiger partial charge in [0.1, 0.15) is 0 Å². The van der Waals surface area contributed by atoms with Crippen molar-refractivity contribution in [2.24, 2.45) is 0 Å². The number of rotatable bonds is 5. The molecule has 0 bridgehead atoms. The van der Waals surface area contributed by atoms with Crippen molar-refractivity contribution < 1.29 is 13.2 Å². The Balaban J connectivity index is 2.84. The summed E-state index contributed by atoms with van der Waals surface area (Å²) in [5.41, 5.74) is -0.212. The third kappa shape index (κ3) is 4.04. The molecule has 1 heterocycles. The highest BCUT2D eigenvalue weighted by atomic mass is 19.4. The molecule has 0 aliphatic heterocycles. The van der Waals surface area contributed by atoms with Crippen LogP contribution in [-0.4, -0.2) is 11.5 Å². The van der Waals surface area contributed by atoms with Crippen molar-refractivity contribution in [3.8, 4) is 12.3 Å². The van der Waals surface area contributed by atoms with Gasteiger partial charge in [-0.2, -0.15) is 13.2 Å². The van der Waals surface area contributed by atoms with Crippen LogP contribution in [-0.2, 0) is 6.18 Å². The fourth-order valence-electron chi connectivity index (χ4n) is 1.50. The van der Waals surface area contributed by atoms with Gasteiger partial charge in [0.05, 0.1) is 17.3 Å². The molecule has 0 aliphatic rings. The summed E-state index contributed by atoms with van der Waals surface area (Å²) in [6, 6.07) is 2.20. The average Bonchev–Trinajstić information content (AvgIpc) is 2.33. The fourth-order valence-corrected chi connectivity index (χ4v) is 1.50. The van der Waals surface area contributed by atoms with Crippen LogP contribution in [0, 0.1) is 12.3 Å². The monoisotopic (exact) mass is 256 g/mol. The molecule has 0 aliphatic carbocycles. The summed E-state index contributed by atoms with van der Waals surface area (Å²) < 4.78 is 37.2. The Morgan fingerprint density at radius 3 is 2.61 bits per heavy atom. The number of aromatic nitrogens is 1. The number of terminal acetylenes is 1. The zero-order valence-electron chi connectivity index (χ0n) is 10.1. The van der Waals surface area contributed by atoms with Crippen LogP contribution in [0.5, 0.6) is 0 Å². The number of nitrogens with zero attached hydrogens (tertiary/aromatic N) is 1. The number of hydrogen-bond acceptors (Lipinski definition) is 2. The highest BCUT2D eigenvalue weighted by Crippen LogP contribution is 2.29. The number of hydrogen-bond donors (Lipinski definition) is 1. The van der Waals surface area contributed by atoms with E-state index in [1.54, 1.807) is 0 Å². The van der Waals surface area contributed by atoms with E-state index in [4.69, 9.17) is 6.42 Å².